The van der Waals surface area contributed by atoms with Crippen molar-refractivity contribution in [3.05, 3.63) is 52.0 Å². The third-order valence-electron chi connectivity index (χ3n) is 2.56. The molecule has 9 heteroatoms. The summed E-state index contributed by atoms with van der Waals surface area (Å²) in [6.07, 6.45) is 0. The van der Waals surface area contributed by atoms with E-state index in [1.54, 1.807) is 0 Å². The van der Waals surface area contributed by atoms with E-state index in [9.17, 15) is 17.2 Å². The maximum absolute atomic E-state index is 13.8. The van der Waals surface area contributed by atoms with Gasteiger partial charge in [0.05, 0.1) is 10.7 Å². The Morgan fingerprint density at radius 2 is 1.76 bits per heavy atom. The molecule has 0 saturated carbocycles. The van der Waals surface area contributed by atoms with Crippen molar-refractivity contribution in [2.24, 2.45) is 0 Å². The summed E-state index contributed by atoms with van der Waals surface area (Å²) in [5.41, 5.74) is 4.26. The van der Waals surface area contributed by atoms with Crippen LogP contribution >= 0.6 is 23.2 Å². The molecule has 0 saturated heterocycles. The highest BCUT2D eigenvalue weighted by atomic mass is 35.5. The van der Waals surface area contributed by atoms with Crippen LogP contribution in [0.1, 0.15) is 0 Å². The number of rotatable bonds is 3. The molecule has 0 heterocycles. The first kappa shape index (κ1) is 15.8. The molecule has 0 aliphatic heterocycles. The molecule has 0 aromatic heterocycles. The first-order valence-electron chi connectivity index (χ1n) is 5.43. The monoisotopic (exact) mass is 352 g/mol. The molecule has 2 aromatic rings. The molecule has 2 aromatic carbocycles. The number of nitrogens with one attached hydrogen (secondary N) is 1. The number of hydrogen-bond acceptors (Lipinski definition) is 3. The minimum absolute atomic E-state index is 0.00311. The number of nitrogen functional groups attached to an aromatic ring is 1. The fraction of sp³-hybridized carbons (Fsp3) is 0. The number of benzene rings is 2. The van der Waals surface area contributed by atoms with Crippen molar-refractivity contribution in [1.29, 1.82) is 0 Å². The lowest BCUT2D eigenvalue weighted by molar-refractivity contribution is 0.557. The Morgan fingerprint density at radius 3 is 2.38 bits per heavy atom. The van der Waals surface area contributed by atoms with Gasteiger partial charge < -0.3 is 5.73 Å². The third-order valence-corrected chi connectivity index (χ3v) is 4.49. The summed E-state index contributed by atoms with van der Waals surface area (Å²) in [5, 5.41) is 0.335. The molecular formula is C12H8Cl2F2N2O2S. The zero-order valence-electron chi connectivity index (χ0n) is 10.2. The number of hydrogen-bond donors (Lipinski definition) is 2. The Labute approximate surface area is 129 Å². The van der Waals surface area contributed by atoms with Crippen LogP contribution in [0.4, 0.5) is 20.2 Å². The third kappa shape index (κ3) is 3.20. The molecule has 0 amide bonds. The van der Waals surface area contributed by atoms with Crippen LogP contribution < -0.4 is 10.5 Å². The fourth-order valence-electron chi connectivity index (χ4n) is 1.53. The van der Waals surface area contributed by atoms with Gasteiger partial charge in [-0.05, 0) is 30.3 Å². The maximum Gasteiger partial charge on any atom is 0.264 e. The average Bonchev–Trinajstić information content (AvgIpc) is 2.39. The van der Waals surface area contributed by atoms with Gasteiger partial charge in [0.1, 0.15) is 16.4 Å². The first-order valence-corrected chi connectivity index (χ1v) is 7.67. The summed E-state index contributed by atoms with van der Waals surface area (Å²) in [4.78, 5) is -0.785. The second-order valence-electron chi connectivity index (χ2n) is 4.00. The number of halogens is 4. The Hall–Kier alpha value is -1.57. The van der Waals surface area contributed by atoms with E-state index in [0.717, 1.165) is 12.1 Å². The van der Waals surface area contributed by atoms with Crippen molar-refractivity contribution in [2.75, 3.05) is 10.5 Å². The Bertz CT molecular complexity index is 813. The van der Waals surface area contributed by atoms with Crippen LogP contribution in [-0.2, 0) is 10.0 Å². The molecule has 0 spiro atoms. The predicted octanol–water partition coefficient (Wildman–Crippen LogP) is 3.65. The van der Waals surface area contributed by atoms with Gasteiger partial charge in [0.2, 0.25) is 0 Å². The molecule has 0 aliphatic rings. The van der Waals surface area contributed by atoms with E-state index in [1.165, 1.54) is 18.2 Å². The van der Waals surface area contributed by atoms with Crippen molar-refractivity contribution < 1.29 is 17.2 Å². The molecule has 112 valence electrons. The van der Waals surface area contributed by atoms with Gasteiger partial charge in [-0.2, -0.15) is 0 Å². The van der Waals surface area contributed by atoms with E-state index in [2.05, 4.69) is 4.72 Å². The average molecular weight is 353 g/mol. The van der Waals surface area contributed by atoms with E-state index < -0.39 is 32.2 Å². The molecule has 4 nitrogen and oxygen atoms in total. The van der Waals surface area contributed by atoms with Gasteiger partial charge in [0.15, 0.2) is 5.82 Å². The number of anilines is 2. The number of sulfonamides is 1. The van der Waals surface area contributed by atoms with Crippen LogP contribution in [0.15, 0.2) is 35.2 Å². The van der Waals surface area contributed by atoms with Crippen LogP contribution in [0.2, 0.25) is 10.0 Å². The van der Waals surface area contributed by atoms with Gasteiger partial charge in [-0.25, -0.2) is 17.2 Å². The van der Waals surface area contributed by atoms with E-state index >= 15 is 0 Å². The summed E-state index contributed by atoms with van der Waals surface area (Å²) >= 11 is 11.5. The summed E-state index contributed by atoms with van der Waals surface area (Å²) in [5.74, 6) is -2.41. The zero-order valence-corrected chi connectivity index (χ0v) is 12.5. The molecule has 0 bridgehead atoms. The molecule has 21 heavy (non-hydrogen) atoms. The molecule has 0 aliphatic carbocycles. The fourth-order valence-corrected chi connectivity index (χ4v) is 3.21. The summed E-state index contributed by atoms with van der Waals surface area (Å²) in [6, 6.07) is 5.56. The second-order valence-corrected chi connectivity index (χ2v) is 6.50. The van der Waals surface area contributed by atoms with Gasteiger partial charge in [-0.1, -0.05) is 23.2 Å². The van der Waals surface area contributed by atoms with Crippen molar-refractivity contribution in [3.8, 4) is 0 Å². The van der Waals surface area contributed by atoms with Crippen LogP contribution in [0.5, 0.6) is 0 Å². The molecule has 0 atom stereocenters. The SMILES string of the molecule is Nc1c(F)ccc(S(=O)(=O)Nc2ccc(Cl)cc2Cl)c1F. The zero-order chi connectivity index (χ0) is 15.8. The van der Waals surface area contributed by atoms with Gasteiger partial charge >= 0.3 is 0 Å². The minimum Gasteiger partial charge on any atom is -0.394 e. The normalized spacial score (nSPS) is 11.4. The van der Waals surface area contributed by atoms with E-state index in [1.807, 2.05) is 0 Å². The van der Waals surface area contributed by atoms with E-state index in [4.69, 9.17) is 28.9 Å². The van der Waals surface area contributed by atoms with Gasteiger partial charge in [-0.3, -0.25) is 4.72 Å². The largest absolute Gasteiger partial charge is 0.394 e. The smallest absolute Gasteiger partial charge is 0.264 e. The van der Waals surface area contributed by atoms with E-state index in [0.29, 0.717) is 5.02 Å². The second kappa shape index (κ2) is 5.67. The quantitative estimate of drug-likeness (QED) is 0.828. The van der Waals surface area contributed by atoms with Crippen molar-refractivity contribution in [3.63, 3.8) is 0 Å². The molecule has 2 rings (SSSR count). The first-order chi connectivity index (χ1) is 9.72. The Balaban J connectivity index is 2.46. The van der Waals surface area contributed by atoms with Gasteiger partial charge in [0.25, 0.3) is 10.0 Å². The molecule has 0 fully saturated rings. The number of nitrogens with two attached hydrogens (primary N) is 1. The van der Waals surface area contributed by atoms with Crippen LogP contribution in [0.3, 0.4) is 0 Å². The summed E-state index contributed by atoms with van der Waals surface area (Å²) in [6.45, 7) is 0. The lowest BCUT2D eigenvalue weighted by atomic mass is 10.3. The molecule has 0 unspecified atom stereocenters. The van der Waals surface area contributed by atoms with Gasteiger partial charge in [0, 0.05) is 5.02 Å². The lowest BCUT2D eigenvalue weighted by Crippen LogP contribution is -2.16. The van der Waals surface area contributed by atoms with Crippen molar-refractivity contribution in [2.45, 2.75) is 4.90 Å². The Morgan fingerprint density at radius 1 is 1.10 bits per heavy atom. The predicted molar refractivity (Wildman–Crippen MR) is 78.0 cm³/mol. The topological polar surface area (TPSA) is 72.2 Å². The van der Waals surface area contributed by atoms with Crippen LogP contribution in [-0.4, -0.2) is 8.42 Å². The highest BCUT2D eigenvalue weighted by Crippen LogP contribution is 2.29. The molecule has 0 radical (unpaired) electrons. The van der Waals surface area contributed by atoms with Crippen LogP contribution in [0.25, 0.3) is 0 Å². The minimum atomic E-state index is -4.32. The van der Waals surface area contributed by atoms with Crippen LogP contribution in [0, 0.1) is 11.6 Å². The van der Waals surface area contributed by atoms with Gasteiger partial charge in [-0.15, -0.1) is 0 Å². The standard InChI is InChI=1S/C12H8Cl2F2N2O2S/c13-6-1-3-9(7(14)5-6)18-21(19,20)10-4-2-8(15)12(17)11(10)16/h1-5,18H,17H2. The lowest BCUT2D eigenvalue weighted by Gasteiger charge is -2.11. The summed E-state index contributed by atoms with van der Waals surface area (Å²) in [7, 11) is -4.32. The van der Waals surface area contributed by atoms with Crippen molar-refractivity contribution in [1.82, 2.24) is 0 Å². The van der Waals surface area contributed by atoms with E-state index in [-0.39, 0.29) is 10.7 Å². The van der Waals surface area contributed by atoms with Crippen molar-refractivity contribution >= 4 is 44.6 Å². The Kier molecular flexibility index (Phi) is 4.27. The molecular weight excluding hydrogens is 345 g/mol. The summed E-state index contributed by atoms with van der Waals surface area (Å²) < 4.78 is 53.1. The molecule has 3 N–H and O–H groups in total. The maximum atomic E-state index is 13.8. The highest BCUT2D eigenvalue weighted by Gasteiger charge is 2.23. The highest BCUT2D eigenvalue weighted by molar-refractivity contribution is 7.92.